The molecule has 0 aliphatic rings. The van der Waals surface area contributed by atoms with Crippen molar-refractivity contribution in [3.63, 3.8) is 0 Å². The van der Waals surface area contributed by atoms with Gasteiger partial charge < -0.3 is 13.4 Å². The van der Waals surface area contributed by atoms with Gasteiger partial charge in [0.25, 0.3) is 0 Å². The Morgan fingerprint density at radius 2 is 1.09 bits per heavy atom. The number of benzene rings is 7. The molecule has 10 rings (SSSR count). The maximum Gasteiger partial charge on any atom is 0.227 e. The predicted octanol–water partition coefficient (Wildman–Crippen LogP) is 10.8. The lowest BCUT2D eigenvalue weighted by atomic mass is 10.0. The molecule has 3 heterocycles. The van der Waals surface area contributed by atoms with Crippen molar-refractivity contribution >= 4 is 76.4 Å². The van der Waals surface area contributed by atoms with Gasteiger partial charge in [-0.25, -0.2) is 4.98 Å². The van der Waals surface area contributed by atoms with Crippen molar-refractivity contribution in [1.82, 2.24) is 9.55 Å². The van der Waals surface area contributed by atoms with Crippen molar-refractivity contribution in [3.8, 4) is 17.1 Å². The molecule has 0 unspecified atom stereocenters. The van der Waals surface area contributed by atoms with Crippen molar-refractivity contribution in [1.29, 1.82) is 0 Å². The van der Waals surface area contributed by atoms with E-state index in [4.69, 9.17) is 13.8 Å². The topological polar surface area (TPSA) is 44.1 Å². The van der Waals surface area contributed by atoms with Gasteiger partial charge in [-0.15, -0.1) is 0 Å². The smallest absolute Gasteiger partial charge is 0.227 e. The first kappa shape index (κ1) is 22.8. The molecule has 0 bridgehead atoms. The summed E-state index contributed by atoms with van der Waals surface area (Å²) in [4.78, 5) is 4.86. The summed E-state index contributed by atoms with van der Waals surface area (Å²) in [6.07, 6.45) is 0. The standard InChI is InChI=1S/C39H22N2O2/c1-3-9-26-21-33-30(19-24(26)7-1)31-20-25-8-2-4-10-27(25)22-34(31)41(33)28-15-13-23(14-16-28)39-40-32-17-18-36-37(38(32)43-39)29-11-5-6-12-35(29)42-36/h1-22H. The summed E-state index contributed by atoms with van der Waals surface area (Å²) in [6, 6.07) is 47.0. The molecule has 200 valence electrons. The van der Waals surface area contributed by atoms with Crippen molar-refractivity contribution in [2.24, 2.45) is 0 Å². The van der Waals surface area contributed by atoms with E-state index >= 15 is 0 Å². The van der Waals surface area contributed by atoms with Crippen molar-refractivity contribution in [2.75, 3.05) is 0 Å². The summed E-state index contributed by atoms with van der Waals surface area (Å²) in [7, 11) is 0. The molecule has 0 spiro atoms. The summed E-state index contributed by atoms with van der Waals surface area (Å²) in [5.74, 6) is 0.596. The van der Waals surface area contributed by atoms with Crippen LogP contribution in [-0.4, -0.2) is 9.55 Å². The molecule has 3 aromatic heterocycles. The third-order valence-electron chi connectivity index (χ3n) is 8.77. The molecule has 4 nitrogen and oxygen atoms in total. The molecule has 0 fully saturated rings. The molecule has 0 atom stereocenters. The summed E-state index contributed by atoms with van der Waals surface area (Å²) in [5.41, 5.74) is 7.62. The van der Waals surface area contributed by atoms with Crippen molar-refractivity contribution in [2.45, 2.75) is 0 Å². The Labute approximate surface area is 245 Å². The number of nitrogens with zero attached hydrogens (tertiary/aromatic N) is 2. The van der Waals surface area contributed by atoms with Crippen LogP contribution in [0.3, 0.4) is 0 Å². The molecule has 0 amide bonds. The molecule has 0 saturated carbocycles. The quantitative estimate of drug-likeness (QED) is 0.215. The first-order valence-electron chi connectivity index (χ1n) is 14.5. The third-order valence-corrected chi connectivity index (χ3v) is 8.77. The molecule has 7 aromatic carbocycles. The second-order valence-electron chi connectivity index (χ2n) is 11.2. The summed E-state index contributed by atoms with van der Waals surface area (Å²) < 4.78 is 14.9. The van der Waals surface area contributed by atoms with Crippen molar-refractivity contribution in [3.05, 3.63) is 133 Å². The highest BCUT2D eigenvalue weighted by Gasteiger charge is 2.18. The van der Waals surface area contributed by atoms with Crippen LogP contribution in [0.2, 0.25) is 0 Å². The average Bonchev–Trinajstić information content (AvgIpc) is 3.74. The van der Waals surface area contributed by atoms with E-state index in [1.165, 1.54) is 43.4 Å². The van der Waals surface area contributed by atoms with Gasteiger partial charge in [0.2, 0.25) is 5.89 Å². The number of rotatable bonds is 2. The highest BCUT2D eigenvalue weighted by molar-refractivity contribution is 6.17. The van der Waals surface area contributed by atoms with E-state index < -0.39 is 0 Å². The molecule has 0 radical (unpaired) electrons. The largest absolute Gasteiger partial charge is 0.456 e. The molecule has 10 aromatic rings. The van der Waals surface area contributed by atoms with Crippen LogP contribution in [-0.2, 0) is 0 Å². The van der Waals surface area contributed by atoms with Crippen LogP contribution in [0, 0.1) is 0 Å². The molecule has 43 heavy (non-hydrogen) atoms. The number of para-hydroxylation sites is 1. The molecular formula is C39H22N2O2. The Balaban J connectivity index is 1.17. The SMILES string of the molecule is c1ccc2cc3c(cc2c1)c1cc2ccccc2cc1n3-c1ccc(-c2nc3ccc4oc5ccccc5c4c3o2)cc1. The van der Waals surface area contributed by atoms with Crippen molar-refractivity contribution < 1.29 is 8.83 Å². The first-order valence-corrected chi connectivity index (χ1v) is 14.5. The lowest BCUT2D eigenvalue weighted by Crippen LogP contribution is -1.94. The number of furan rings is 1. The van der Waals surface area contributed by atoms with Gasteiger partial charge in [0.15, 0.2) is 5.58 Å². The highest BCUT2D eigenvalue weighted by Crippen LogP contribution is 2.39. The number of aromatic nitrogens is 2. The zero-order valence-electron chi connectivity index (χ0n) is 22.9. The minimum absolute atomic E-state index is 0.596. The summed E-state index contributed by atoms with van der Waals surface area (Å²) in [5, 5.41) is 9.44. The van der Waals surface area contributed by atoms with Crippen LogP contribution >= 0.6 is 0 Å². The molecule has 0 aliphatic carbocycles. The minimum Gasteiger partial charge on any atom is -0.456 e. The molecule has 4 heteroatoms. The van der Waals surface area contributed by atoms with E-state index in [9.17, 15) is 0 Å². The van der Waals surface area contributed by atoms with Crippen LogP contribution in [0.5, 0.6) is 0 Å². The normalized spacial score (nSPS) is 12.2. The molecule has 0 saturated heterocycles. The maximum atomic E-state index is 6.42. The van der Waals surface area contributed by atoms with Gasteiger partial charge in [-0.2, -0.15) is 0 Å². The number of hydrogen-bond acceptors (Lipinski definition) is 3. The predicted molar refractivity (Wildman–Crippen MR) is 176 cm³/mol. The molecule has 0 N–H and O–H groups in total. The van der Waals surface area contributed by atoms with Gasteiger partial charge in [0, 0.05) is 27.4 Å². The Bertz CT molecular complexity index is 2630. The van der Waals surface area contributed by atoms with E-state index in [1.807, 2.05) is 30.3 Å². The molecular weight excluding hydrogens is 528 g/mol. The lowest BCUT2D eigenvalue weighted by molar-refractivity contribution is 0.622. The van der Waals surface area contributed by atoms with E-state index in [2.05, 4.69) is 108 Å². The monoisotopic (exact) mass is 550 g/mol. The van der Waals surface area contributed by atoms with Gasteiger partial charge in [-0.3, -0.25) is 0 Å². The van der Waals surface area contributed by atoms with Crippen LogP contribution in [0.15, 0.2) is 142 Å². The van der Waals surface area contributed by atoms with Gasteiger partial charge >= 0.3 is 0 Å². The second kappa shape index (κ2) is 8.34. The summed E-state index contributed by atoms with van der Waals surface area (Å²) in [6.45, 7) is 0. The van der Waals surface area contributed by atoms with E-state index in [1.54, 1.807) is 0 Å². The number of hydrogen-bond donors (Lipinski definition) is 0. The second-order valence-corrected chi connectivity index (χ2v) is 11.2. The Kier molecular flexibility index (Phi) is 4.42. The summed E-state index contributed by atoms with van der Waals surface area (Å²) >= 11 is 0. The molecule has 0 aliphatic heterocycles. The van der Waals surface area contributed by atoms with E-state index in [0.717, 1.165) is 44.3 Å². The minimum atomic E-state index is 0.596. The van der Waals surface area contributed by atoms with Gasteiger partial charge in [-0.05, 0) is 88.3 Å². The van der Waals surface area contributed by atoms with Crippen LogP contribution in [0.25, 0.3) is 93.5 Å². The Morgan fingerprint density at radius 3 is 1.77 bits per heavy atom. The van der Waals surface area contributed by atoms with Crippen LogP contribution in [0.4, 0.5) is 0 Å². The Hall–Kier alpha value is -5.87. The number of fused-ring (bicyclic) bond motifs is 10. The van der Waals surface area contributed by atoms with Gasteiger partial charge in [-0.1, -0.05) is 66.7 Å². The zero-order chi connectivity index (χ0) is 28.1. The fourth-order valence-corrected chi connectivity index (χ4v) is 6.74. The average molecular weight is 551 g/mol. The van der Waals surface area contributed by atoms with E-state index in [0.29, 0.717) is 5.89 Å². The number of oxazole rings is 1. The Morgan fingerprint density at radius 1 is 0.488 bits per heavy atom. The van der Waals surface area contributed by atoms with Gasteiger partial charge in [0.1, 0.15) is 16.7 Å². The van der Waals surface area contributed by atoms with E-state index in [-0.39, 0.29) is 0 Å². The van der Waals surface area contributed by atoms with Crippen LogP contribution < -0.4 is 0 Å². The lowest BCUT2D eigenvalue weighted by Gasteiger charge is -2.09. The van der Waals surface area contributed by atoms with Crippen LogP contribution in [0.1, 0.15) is 0 Å². The van der Waals surface area contributed by atoms with Gasteiger partial charge in [0.05, 0.1) is 16.4 Å². The maximum absolute atomic E-state index is 6.42. The fourth-order valence-electron chi connectivity index (χ4n) is 6.74. The fraction of sp³-hybridized carbons (Fsp3) is 0. The third kappa shape index (κ3) is 3.23. The first-order chi connectivity index (χ1) is 21.3. The highest BCUT2D eigenvalue weighted by atomic mass is 16.4. The zero-order valence-corrected chi connectivity index (χ0v) is 22.9.